The number of benzene rings is 2. The number of fused-ring (bicyclic) bond motifs is 1. The van der Waals surface area contributed by atoms with Crippen molar-refractivity contribution in [2.75, 3.05) is 6.54 Å². The van der Waals surface area contributed by atoms with E-state index >= 15 is 0 Å². The molecule has 220 valence electrons. The highest BCUT2D eigenvalue weighted by Crippen LogP contribution is 2.26. The number of nitrogens with zero attached hydrogens (tertiary/aromatic N) is 3. The fourth-order valence-corrected chi connectivity index (χ4v) is 5.21. The van der Waals surface area contributed by atoms with Gasteiger partial charge in [-0.2, -0.15) is 0 Å². The third-order valence-corrected chi connectivity index (χ3v) is 7.47. The first-order chi connectivity index (χ1) is 20.5. The van der Waals surface area contributed by atoms with Gasteiger partial charge in [-0.25, -0.2) is 13.8 Å². The molecule has 0 spiro atoms. The monoisotopic (exact) mass is 604 g/mol. The van der Waals surface area contributed by atoms with Crippen LogP contribution in [-0.4, -0.2) is 51.7 Å². The van der Waals surface area contributed by atoms with Crippen molar-refractivity contribution < 1.29 is 23.2 Å². The topological polar surface area (TPSA) is 122 Å². The number of ketones is 1. The van der Waals surface area contributed by atoms with Crippen LogP contribution in [0.25, 0.3) is 10.9 Å². The van der Waals surface area contributed by atoms with E-state index in [0.717, 1.165) is 0 Å². The van der Waals surface area contributed by atoms with Crippen LogP contribution in [0.15, 0.2) is 71.8 Å². The maximum absolute atomic E-state index is 14.5. The number of aliphatic imine (C=N–C) groups is 1. The van der Waals surface area contributed by atoms with Crippen LogP contribution in [0.1, 0.15) is 34.8 Å². The number of aromatic nitrogens is 1. The molecule has 3 heterocycles. The molecule has 0 aliphatic carbocycles. The number of Topliss-reactive ketones (excluding diaryl/α,β-unsaturated/α-hetero) is 1. The quantitative estimate of drug-likeness (QED) is 0.293. The zero-order valence-electron chi connectivity index (χ0n) is 23.1. The number of carbonyl (C=O) groups excluding carboxylic acids is 3. The second-order valence-corrected chi connectivity index (χ2v) is 10.6. The zero-order valence-corrected chi connectivity index (χ0v) is 23.8. The Morgan fingerprint density at radius 3 is 2.79 bits per heavy atom. The number of rotatable bonds is 6. The predicted octanol–water partition coefficient (Wildman–Crippen LogP) is 3.56. The molecular weight excluding hydrogens is 578 g/mol. The fraction of sp³-hybridized carbons (Fsp3) is 0.226. The summed E-state index contributed by atoms with van der Waals surface area (Å²) in [6.45, 7) is 4.41. The first kappa shape index (κ1) is 29.5. The average molecular weight is 605 g/mol. The van der Waals surface area contributed by atoms with Crippen molar-refractivity contribution >= 4 is 45.9 Å². The maximum Gasteiger partial charge on any atom is 0.243 e. The fourth-order valence-electron chi connectivity index (χ4n) is 5.02. The molecule has 43 heavy (non-hydrogen) atoms. The zero-order chi connectivity index (χ0) is 30.8. The molecule has 0 radical (unpaired) electrons. The van der Waals surface area contributed by atoms with Gasteiger partial charge >= 0.3 is 0 Å². The summed E-state index contributed by atoms with van der Waals surface area (Å²) in [5.41, 5.74) is 8.11. The standard InChI is InChI=1S/C31H27ClF2N6O3/c1-17(41)24-15-39(26-10-19(7-9-23(24)26)6-8-21-13-36-18(2)38-30(21)35)16-28(42)40-14-22(33)11-27(40)31(43)37-12-20-4-3-5-25(32)29(20)34/h3-5,7,9-10,13,15,22,27,36H,2,11-12,14,16H2,1H3,(H2,35,38)(H,37,43)/t22-,27+/m1/s1. The van der Waals surface area contributed by atoms with Crippen LogP contribution in [0.5, 0.6) is 0 Å². The van der Waals surface area contributed by atoms with E-state index < -0.39 is 29.8 Å². The van der Waals surface area contributed by atoms with E-state index in [9.17, 15) is 23.2 Å². The lowest BCUT2D eigenvalue weighted by molar-refractivity contribution is -0.139. The maximum atomic E-state index is 14.5. The predicted molar refractivity (Wildman–Crippen MR) is 159 cm³/mol. The molecule has 3 aromatic rings. The number of amides is 2. The minimum atomic E-state index is -1.41. The van der Waals surface area contributed by atoms with E-state index in [1.165, 1.54) is 24.0 Å². The summed E-state index contributed by atoms with van der Waals surface area (Å²) in [6.07, 6.45) is 1.56. The Labute approximate surface area is 251 Å². The first-order valence-corrected chi connectivity index (χ1v) is 13.7. The molecule has 0 unspecified atom stereocenters. The summed E-state index contributed by atoms with van der Waals surface area (Å²) in [5.74, 6) is 4.59. The summed E-state index contributed by atoms with van der Waals surface area (Å²) >= 11 is 5.81. The van der Waals surface area contributed by atoms with Crippen LogP contribution < -0.4 is 16.4 Å². The number of halogens is 3. The van der Waals surface area contributed by atoms with Gasteiger partial charge in [-0.3, -0.25) is 14.4 Å². The van der Waals surface area contributed by atoms with E-state index in [4.69, 9.17) is 17.3 Å². The van der Waals surface area contributed by atoms with Gasteiger partial charge in [0.05, 0.1) is 22.7 Å². The minimum absolute atomic E-state index is 0.0846. The van der Waals surface area contributed by atoms with Gasteiger partial charge in [0.1, 0.15) is 36.2 Å². The molecule has 2 aromatic carbocycles. The molecule has 2 atom stereocenters. The van der Waals surface area contributed by atoms with Crippen molar-refractivity contribution in [2.24, 2.45) is 10.7 Å². The lowest BCUT2D eigenvalue weighted by Crippen LogP contribution is -2.46. The summed E-state index contributed by atoms with van der Waals surface area (Å²) < 4.78 is 30.4. The molecule has 1 aromatic heterocycles. The van der Waals surface area contributed by atoms with Crippen molar-refractivity contribution in [1.82, 2.24) is 20.1 Å². The number of nitrogens with two attached hydrogens (primary N) is 1. The molecule has 0 bridgehead atoms. The number of hydrogen-bond acceptors (Lipinski definition) is 6. The van der Waals surface area contributed by atoms with Gasteiger partial charge in [0.25, 0.3) is 0 Å². The minimum Gasteiger partial charge on any atom is -0.383 e. The van der Waals surface area contributed by atoms with E-state index in [1.54, 1.807) is 41.2 Å². The van der Waals surface area contributed by atoms with Crippen LogP contribution in [0.4, 0.5) is 8.78 Å². The van der Waals surface area contributed by atoms with Gasteiger partial charge in [0.2, 0.25) is 11.8 Å². The Kier molecular flexibility index (Phi) is 8.32. The van der Waals surface area contributed by atoms with Crippen molar-refractivity contribution in [1.29, 1.82) is 0 Å². The van der Waals surface area contributed by atoms with E-state index in [2.05, 4.69) is 34.0 Å². The van der Waals surface area contributed by atoms with Gasteiger partial charge in [0.15, 0.2) is 5.78 Å². The Hall–Kier alpha value is -4.95. The molecule has 2 amide bonds. The van der Waals surface area contributed by atoms with Crippen LogP contribution in [-0.2, 0) is 22.7 Å². The number of alkyl halides is 1. The molecule has 12 heteroatoms. The molecule has 1 fully saturated rings. The van der Waals surface area contributed by atoms with Crippen molar-refractivity contribution in [3.05, 3.63) is 94.3 Å². The third-order valence-electron chi connectivity index (χ3n) is 7.18. The summed E-state index contributed by atoms with van der Waals surface area (Å²) in [6, 6.07) is 8.55. The van der Waals surface area contributed by atoms with Crippen LogP contribution in [0, 0.1) is 17.7 Å². The second kappa shape index (κ2) is 12.1. The van der Waals surface area contributed by atoms with Gasteiger partial charge in [-0.15, -0.1) is 0 Å². The second-order valence-electron chi connectivity index (χ2n) is 10.2. The van der Waals surface area contributed by atoms with Gasteiger partial charge in [0, 0.05) is 47.4 Å². The van der Waals surface area contributed by atoms with Crippen molar-refractivity contribution in [3.8, 4) is 11.8 Å². The van der Waals surface area contributed by atoms with Crippen molar-refractivity contribution in [2.45, 2.75) is 38.6 Å². The van der Waals surface area contributed by atoms with E-state index in [1.807, 2.05) is 0 Å². The lowest BCUT2D eigenvalue weighted by atomic mass is 10.1. The Balaban J connectivity index is 1.37. The SMILES string of the molecule is C=C1N=C(N)C(C#Cc2ccc3c(C(C)=O)cn(CC(=O)N4C[C@H](F)C[C@H]4C(=O)NCc4cccc(Cl)c4F)c3c2)=CN1. The largest absolute Gasteiger partial charge is 0.383 e. The number of amidine groups is 1. The number of likely N-dealkylation sites (tertiary alicyclic amines) is 1. The third kappa shape index (κ3) is 6.29. The summed E-state index contributed by atoms with van der Waals surface area (Å²) in [4.78, 5) is 44.1. The molecule has 2 aliphatic heterocycles. The highest BCUT2D eigenvalue weighted by molar-refractivity contribution is 6.30. The number of nitrogens with one attached hydrogen (secondary N) is 2. The molecule has 2 aliphatic rings. The highest BCUT2D eigenvalue weighted by Gasteiger charge is 2.39. The Morgan fingerprint density at radius 1 is 1.26 bits per heavy atom. The molecular formula is C31H27ClF2N6O3. The van der Waals surface area contributed by atoms with Gasteiger partial charge < -0.3 is 25.8 Å². The smallest absolute Gasteiger partial charge is 0.243 e. The molecule has 9 nitrogen and oxygen atoms in total. The normalized spacial score (nSPS) is 18.0. The summed E-state index contributed by atoms with van der Waals surface area (Å²) in [7, 11) is 0. The van der Waals surface area contributed by atoms with Crippen LogP contribution >= 0.6 is 11.6 Å². The Bertz CT molecular complexity index is 1800. The Morgan fingerprint density at radius 2 is 2.05 bits per heavy atom. The molecule has 5 rings (SSSR count). The molecule has 0 saturated carbocycles. The first-order valence-electron chi connectivity index (χ1n) is 13.3. The van der Waals surface area contributed by atoms with Gasteiger partial charge in [-0.1, -0.05) is 48.2 Å². The van der Waals surface area contributed by atoms with Crippen molar-refractivity contribution in [3.63, 3.8) is 0 Å². The summed E-state index contributed by atoms with van der Waals surface area (Å²) in [5, 5.41) is 5.97. The number of hydrogen-bond donors (Lipinski definition) is 3. The number of carbonyl (C=O) groups is 3. The lowest BCUT2D eigenvalue weighted by Gasteiger charge is -2.24. The van der Waals surface area contributed by atoms with Gasteiger partial charge in [-0.05, 0) is 25.1 Å². The average Bonchev–Trinajstić information content (AvgIpc) is 3.54. The van der Waals surface area contributed by atoms with Crippen LogP contribution in [0.3, 0.4) is 0 Å². The van der Waals surface area contributed by atoms with E-state index in [0.29, 0.717) is 33.4 Å². The molecule has 1 saturated heterocycles. The highest BCUT2D eigenvalue weighted by atomic mass is 35.5. The molecule has 4 N–H and O–H groups in total. The van der Waals surface area contributed by atoms with E-state index in [-0.39, 0.29) is 48.3 Å². The van der Waals surface area contributed by atoms with Crippen LogP contribution in [0.2, 0.25) is 5.02 Å².